The van der Waals surface area contributed by atoms with Gasteiger partial charge in [0.05, 0.1) is 0 Å². The molecule has 2 aromatic heterocycles. The van der Waals surface area contributed by atoms with Gasteiger partial charge in [0.1, 0.15) is 5.82 Å². The number of anilines is 1. The summed E-state index contributed by atoms with van der Waals surface area (Å²) in [4.78, 5) is 6.71. The maximum atomic E-state index is 4.43. The molecule has 2 aromatic rings. The van der Waals surface area contributed by atoms with Gasteiger partial charge in [-0.15, -0.1) is 5.10 Å². The Kier molecular flexibility index (Phi) is 3.41. The highest BCUT2D eigenvalue weighted by Crippen LogP contribution is 2.08. The van der Waals surface area contributed by atoms with Crippen LogP contribution in [-0.4, -0.2) is 45.7 Å². The van der Waals surface area contributed by atoms with E-state index in [0.29, 0.717) is 0 Å². The summed E-state index contributed by atoms with van der Waals surface area (Å²) in [6.45, 7) is 4.72. The molecule has 3 rings (SSSR count). The van der Waals surface area contributed by atoms with Crippen molar-refractivity contribution in [3.05, 3.63) is 24.5 Å². The van der Waals surface area contributed by atoms with Crippen LogP contribution in [-0.2, 0) is 0 Å². The van der Waals surface area contributed by atoms with Crippen LogP contribution in [0.4, 0.5) is 5.82 Å². The summed E-state index contributed by atoms with van der Waals surface area (Å²) in [5.74, 6) is 0.918. The molecule has 0 amide bonds. The average molecular weight is 245 g/mol. The number of nitrogens with one attached hydrogen (secondary N) is 1. The zero-order valence-corrected chi connectivity index (χ0v) is 10.5. The van der Waals surface area contributed by atoms with Gasteiger partial charge < -0.3 is 10.2 Å². The molecule has 0 aromatic carbocycles. The lowest BCUT2D eigenvalue weighted by Crippen LogP contribution is -2.22. The predicted octanol–water partition coefficient (Wildman–Crippen LogP) is 1.63. The molecular formula is C13H19N5. The lowest BCUT2D eigenvalue weighted by molar-refractivity contribution is 0.337. The number of aromatic nitrogens is 3. The van der Waals surface area contributed by atoms with Gasteiger partial charge in [-0.2, -0.15) is 0 Å². The zero-order valence-electron chi connectivity index (χ0n) is 10.5. The molecule has 0 unspecified atom stereocenters. The minimum absolute atomic E-state index is 0.887. The van der Waals surface area contributed by atoms with Crippen molar-refractivity contribution in [1.82, 2.24) is 19.5 Å². The Morgan fingerprint density at radius 1 is 1.22 bits per heavy atom. The van der Waals surface area contributed by atoms with Crippen molar-refractivity contribution in [2.45, 2.75) is 19.3 Å². The monoisotopic (exact) mass is 245 g/mol. The molecule has 0 bridgehead atoms. The van der Waals surface area contributed by atoms with Crippen LogP contribution in [0.2, 0.25) is 0 Å². The molecule has 0 saturated carbocycles. The van der Waals surface area contributed by atoms with Crippen LogP contribution in [0.1, 0.15) is 19.3 Å². The lowest BCUT2D eigenvalue weighted by Gasteiger charge is -2.14. The van der Waals surface area contributed by atoms with E-state index in [-0.39, 0.29) is 0 Å². The number of nitrogens with zero attached hydrogens (tertiary/aromatic N) is 4. The summed E-state index contributed by atoms with van der Waals surface area (Å²) < 4.78 is 1.79. The molecule has 18 heavy (non-hydrogen) atoms. The van der Waals surface area contributed by atoms with Gasteiger partial charge >= 0.3 is 0 Å². The molecule has 0 radical (unpaired) electrons. The summed E-state index contributed by atoms with van der Waals surface area (Å²) in [6, 6.07) is 3.97. The van der Waals surface area contributed by atoms with Crippen LogP contribution < -0.4 is 5.32 Å². The Morgan fingerprint density at radius 2 is 2.11 bits per heavy atom. The first kappa shape index (κ1) is 11.5. The van der Waals surface area contributed by atoms with E-state index < -0.39 is 0 Å². The largest absolute Gasteiger partial charge is 0.369 e. The van der Waals surface area contributed by atoms with Gasteiger partial charge in [-0.25, -0.2) is 9.50 Å². The highest BCUT2D eigenvalue weighted by Gasteiger charge is 2.10. The first-order chi connectivity index (χ1) is 8.92. The predicted molar refractivity (Wildman–Crippen MR) is 71.8 cm³/mol. The molecule has 1 N–H and O–H groups in total. The second-order valence-corrected chi connectivity index (χ2v) is 4.78. The SMILES string of the molecule is c1cn2nc(NCCCN3CCCC3)ccc2n1. The number of hydrogen-bond acceptors (Lipinski definition) is 4. The van der Waals surface area contributed by atoms with E-state index in [4.69, 9.17) is 0 Å². The van der Waals surface area contributed by atoms with Crippen LogP contribution in [0.15, 0.2) is 24.5 Å². The van der Waals surface area contributed by atoms with E-state index in [0.717, 1.165) is 18.0 Å². The number of hydrogen-bond donors (Lipinski definition) is 1. The quantitative estimate of drug-likeness (QED) is 0.813. The maximum absolute atomic E-state index is 4.43. The van der Waals surface area contributed by atoms with Crippen molar-refractivity contribution in [3.8, 4) is 0 Å². The molecule has 3 heterocycles. The highest BCUT2D eigenvalue weighted by atomic mass is 15.3. The number of rotatable bonds is 5. The third kappa shape index (κ3) is 2.61. The normalized spacial score (nSPS) is 16.4. The van der Waals surface area contributed by atoms with Crippen LogP contribution in [0, 0.1) is 0 Å². The smallest absolute Gasteiger partial charge is 0.153 e. The molecule has 1 aliphatic rings. The van der Waals surface area contributed by atoms with Gasteiger partial charge in [0.15, 0.2) is 5.65 Å². The molecule has 5 heteroatoms. The number of imidazole rings is 1. The van der Waals surface area contributed by atoms with E-state index in [2.05, 4.69) is 20.3 Å². The van der Waals surface area contributed by atoms with Crippen LogP contribution in [0.25, 0.3) is 5.65 Å². The van der Waals surface area contributed by atoms with Crippen molar-refractivity contribution in [1.29, 1.82) is 0 Å². The number of likely N-dealkylation sites (tertiary alicyclic amines) is 1. The molecule has 0 aliphatic carbocycles. The van der Waals surface area contributed by atoms with Crippen molar-refractivity contribution in [2.24, 2.45) is 0 Å². The summed E-state index contributed by atoms with van der Waals surface area (Å²) >= 11 is 0. The zero-order chi connectivity index (χ0) is 12.2. The van der Waals surface area contributed by atoms with E-state index in [1.165, 1.54) is 38.9 Å². The fourth-order valence-corrected chi connectivity index (χ4v) is 2.43. The third-order valence-corrected chi connectivity index (χ3v) is 3.41. The van der Waals surface area contributed by atoms with E-state index in [1.807, 2.05) is 18.3 Å². The van der Waals surface area contributed by atoms with Crippen LogP contribution in [0.5, 0.6) is 0 Å². The number of fused-ring (bicyclic) bond motifs is 1. The molecule has 1 saturated heterocycles. The van der Waals surface area contributed by atoms with Gasteiger partial charge in [-0.05, 0) is 51.0 Å². The Morgan fingerprint density at radius 3 is 3.00 bits per heavy atom. The van der Waals surface area contributed by atoms with E-state index in [9.17, 15) is 0 Å². The van der Waals surface area contributed by atoms with E-state index >= 15 is 0 Å². The first-order valence-electron chi connectivity index (χ1n) is 6.68. The Balaban J connectivity index is 1.47. The van der Waals surface area contributed by atoms with Crippen LogP contribution in [0.3, 0.4) is 0 Å². The lowest BCUT2D eigenvalue weighted by atomic mass is 10.4. The second kappa shape index (κ2) is 5.35. The Bertz CT molecular complexity index is 501. The molecular weight excluding hydrogens is 226 g/mol. The minimum Gasteiger partial charge on any atom is -0.369 e. The Labute approximate surface area is 107 Å². The summed E-state index contributed by atoms with van der Waals surface area (Å²) in [5, 5.41) is 7.80. The van der Waals surface area contributed by atoms with Gasteiger partial charge in [0.25, 0.3) is 0 Å². The molecule has 5 nitrogen and oxygen atoms in total. The molecule has 1 aliphatic heterocycles. The minimum atomic E-state index is 0.887. The molecule has 0 atom stereocenters. The maximum Gasteiger partial charge on any atom is 0.153 e. The summed E-state index contributed by atoms with van der Waals surface area (Å²) in [6.07, 6.45) is 7.53. The van der Waals surface area contributed by atoms with Crippen molar-refractivity contribution >= 4 is 11.5 Å². The summed E-state index contributed by atoms with van der Waals surface area (Å²) in [7, 11) is 0. The fourth-order valence-electron chi connectivity index (χ4n) is 2.43. The highest BCUT2D eigenvalue weighted by molar-refractivity contribution is 5.43. The van der Waals surface area contributed by atoms with E-state index in [1.54, 1.807) is 10.7 Å². The fraction of sp³-hybridized carbons (Fsp3) is 0.538. The average Bonchev–Trinajstić information content (AvgIpc) is 3.05. The molecule has 96 valence electrons. The van der Waals surface area contributed by atoms with Crippen molar-refractivity contribution in [3.63, 3.8) is 0 Å². The van der Waals surface area contributed by atoms with Crippen molar-refractivity contribution in [2.75, 3.05) is 31.5 Å². The second-order valence-electron chi connectivity index (χ2n) is 4.78. The van der Waals surface area contributed by atoms with Gasteiger partial charge in [-0.3, -0.25) is 0 Å². The van der Waals surface area contributed by atoms with Gasteiger partial charge in [0.2, 0.25) is 0 Å². The van der Waals surface area contributed by atoms with Crippen molar-refractivity contribution < 1.29 is 0 Å². The standard InChI is InChI=1S/C13H19N5/c1-2-9-17(8-1)10-3-6-14-12-4-5-13-15-7-11-18(13)16-12/h4-5,7,11H,1-3,6,8-10H2,(H,14,16). The third-order valence-electron chi connectivity index (χ3n) is 3.41. The Hall–Kier alpha value is -1.62. The summed E-state index contributed by atoms with van der Waals surface area (Å²) in [5.41, 5.74) is 0.887. The van der Waals surface area contributed by atoms with Gasteiger partial charge in [-0.1, -0.05) is 0 Å². The van der Waals surface area contributed by atoms with Crippen LogP contribution >= 0.6 is 0 Å². The topological polar surface area (TPSA) is 45.5 Å². The molecule has 1 fully saturated rings. The molecule has 0 spiro atoms. The first-order valence-corrected chi connectivity index (χ1v) is 6.68. The van der Waals surface area contributed by atoms with Gasteiger partial charge in [0, 0.05) is 18.9 Å².